The summed E-state index contributed by atoms with van der Waals surface area (Å²) in [6.45, 7) is 3.64. The molecule has 6 nitrogen and oxygen atoms in total. The van der Waals surface area contributed by atoms with Crippen LogP contribution in [-0.2, 0) is 6.18 Å². The van der Waals surface area contributed by atoms with Crippen LogP contribution in [0, 0.1) is 25.2 Å². The number of carbonyl (C=O) groups excluding carboxylic acids is 1. The van der Waals surface area contributed by atoms with Gasteiger partial charge < -0.3 is 5.32 Å². The van der Waals surface area contributed by atoms with Gasteiger partial charge in [0, 0.05) is 29.8 Å². The molecule has 0 aliphatic carbocycles. The molecular weight excluding hydrogens is 419 g/mol. The Labute approximate surface area is 181 Å². The van der Waals surface area contributed by atoms with E-state index in [4.69, 9.17) is 5.26 Å². The number of benzene rings is 2. The van der Waals surface area contributed by atoms with Gasteiger partial charge in [0.1, 0.15) is 0 Å². The predicted octanol–water partition coefficient (Wildman–Crippen LogP) is 5.16. The molecule has 4 aromatic rings. The second-order valence-electron chi connectivity index (χ2n) is 7.32. The number of imidazole rings is 1. The van der Waals surface area contributed by atoms with Crippen molar-refractivity contribution in [2.24, 2.45) is 0 Å². The van der Waals surface area contributed by atoms with Crippen LogP contribution in [0.15, 0.2) is 55.0 Å². The third-order valence-corrected chi connectivity index (χ3v) is 4.92. The maximum atomic E-state index is 13.5. The van der Waals surface area contributed by atoms with Gasteiger partial charge in [0.05, 0.1) is 28.5 Å². The SMILES string of the molecule is Cc1cnc2nc(-c3ccc(C)c(NC(=O)c4ccc(C#N)cc4C(F)(F)F)c3)cn2c1. The molecule has 1 N–H and O–H groups in total. The van der Waals surface area contributed by atoms with Gasteiger partial charge >= 0.3 is 6.18 Å². The molecule has 0 saturated carbocycles. The Morgan fingerprint density at radius 1 is 1.12 bits per heavy atom. The van der Waals surface area contributed by atoms with Crippen molar-refractivity contribution in [3.63, 3.8) is 0 Å². The van der Waals surface area contributed by atoms with Gasteiger partial charge in [0.2, 0.25) is 5.78 Å². The molecule has 0 atom stereocenters. The molecule has 0 aliphatic heterocycles. The second-order valence-corrected chi connectivity index (χ2v) is 7.32. The minimum atomic E-state index is -4.78. The lowest BCUT2D eigenvalue weighted by Gasteiger charge is -2.14. The Bertz CT molecular complexity index is 1400. The fourth-order valence-electron chi connectivity index (χ4n) is 3.28. The number of amides is 1. The predicted molar refractivity (Wildman–Crippen MR) is 112 cm³/mol. The van der Waals surface area contributed by atoms with Crippen LogP contribution in [0.25, 0.3) is 17.0 Å². The van der Waals surface area contributed by atoms with Crippen LogP contribution < -0.4 is 5.32 Å². The average Bonchev–Trinajstić information content (AvgIpc) is 3.17. The van der Waals surface area contributed by atoms with Gasteiger partial charge in [-0.1, -0.05) is 12.1 Å². The fourth-order valence-corrected chi connectivity index (χ4v) is 3.28. The first-order valence-electron chi connectivity index (χ1n) is 9.51. The van der Waals surface area contributed by atoms with Crippen molar-refractivity contribution < 1.29 is 18.0 Å². The summed E-state index contributed by atoms with van der Waals surface area (Å²) in [5, 5.41) is 11.5. The minimum Gasteiger partial charge on any atom is -0.322 e. The van der Waals surface area contributed by atoms with Crippen LogP contribution in [-0.4, -0.2) is 20.3 Å². The molecule has 9 heteroatoms. The zero-order valence-corrected chi connectivity index (χ0v) is 17.0. The number of halogens is 3. The highest BCUT2D eigenvalue weighted by Crippen LogP contribution is 2.33. The highest BCUT2D eigenvalue weighted by molar-refractivity contribution is 6.06. The van der Waals surface area contributed by atoms with Gasteiger partial charge in [-0.2, -0.15) is 18.4 Å². The number of anilines is 1. The van der Waals surface area contributed by atoms with Crippen LogP contribution in [0.2, 0.25) is 0 Å². The standard InChI is InChI=1S/C23H16F3N5O/c1-13-10-28-22-30-20(12-31(22)11-13)16-5-3-14(2)19(8-16)29-21(32)17-6-4-15(9-27)7-18(17)23(24,25)26/h3-8,10-12H,1-2H3,(H,29,32). The lowest BCUT2D eigenvalue weighted by atomic mass is 10.0. The van der Waals surface area contributed by atoms with Crippen molar-refractivity contribution in [1.29, 1.82) is 5.26 Å². The molecule has 2 aromatic heterocycles. The maximum Gasteiger partial charge on any atom is 0.417 e. The second kappa shape index (κ2) is 7.81. The van der Waals surface area contributed by atoms with E-state index in [0.29, 0.717) is 34.4 Å². The number of nitrogens with zero attached hydrogens (tertiary/aromatic N) is 4. The van der Waals surface area contributed by atoms with Gasteiger partial charge in [-0.25, -0.2) is 9.97 Å². The number of fused-ring (bicyclic) bond motifs is 1. The molecule has 0 bridgehead atoms. The molecule has 2 aromatic carbocycles. The van der Waals surface area contributed by atoms with Crippen LogP contribution in [0.5, 0.6) is 0 Å². The molecule has 0 unspecified atom stereocenters. The first-order valence-corrected chi connectivity index (χ1v) is 9.51. The molecule has 0 fully saturated rings. The summed E-state index contributed by atoms with van der Waals surface area (Å²) in [6.07, 6.45) is 0.577. The van der Waals surface area contributed by atoms with E-state index in [0.717, 1.165) is 11.6 Å². The summed E-state index contributed by atoms with van der Waals surface area (Å²) in [6, 6.07) is 9.72. The van der Waals surface area contributed by atoms with E-state index in [1.165, 1.54) is 6.07 Å². The third-order valence-electron chi connectivity index (χ3n) is 4.92. The number of alkyl halides is 3. The molecule has 2 heterocycles. The summed E-state index contributed by atoms with van der Waals surface area (Å²) in [7, 11) is 0. The van der Waals surface area contributed by atoms with E-state index in [9.17, 15) is 18.0 Å². The van der Waals surface area contributed by atoms with Crippen molar-refractivity contribution in [2.45, 2.75) is 20.0 Å². The zero-order valence-electron chi connectivity index (χ0n) is 17.0. The quantitative estimate of drug-likeness (QED) is 0.482. The van der Waals surface area contributed by atoms with Crippen molar-refractivity contribution in [1.82, 2.24) is 14.4 Å². The number of hydrogen-bond acceptors (Lipinski definition) is 4. The van der Waals surface area contributed by atoms with Gasteiger partial charge in [-0.15, -0.1) is 0 Å². The molecule has 160 valence electrons. The third kappa shape index (κ3) is 4.03. The van der Waals surface area contributed by atoms with E-state index >= 15 is 0 Å². The molecule has 4 rings (SSSR count). The fraction of sp³-hybridized carbons (Fsp3) is 0.130. The molecule has 0 aliphatic rings. The number of nitrogens with one attached hydrogen (secondary N) is 1. The normalized spacial score (nSPS) is 11.4. The Hall–Kier alpha value is -4.19. The van der Waals surface area contributed by atoms with Crippen molar-refractivity contribution in [3.8, 4) is 17.3 Å². The summed E-state index contributed by atoms with van der Waals surface area (Å²) in [5.74, 6) is -0.418. The average molecular weight is 435 g/mol. The van der Waals surface area contributed by atoms with Crippen molar-refractivity contribution in [3.05, 3.63) is 82.8 Å². The Morgan fingerprint density at radius 2 is 1.91 bits per heavy atom. The topological polar surface area (TPSA) is 83.1 Å². The summed E-state index contributed by atoms with van der Waals surface area (Å²) >= 11 is 0. The van der Waals surface area contributed by atoms with Crippen LogP contribution in [0.1, 0.15) is 32.6 Å². The number of rotatable bonds is 3. The van der Waals surface area contributed by atoms with Crippen LogP contribution >= 0.6 is 0 Å². The summed E-state index contributed by atoms with van der Waals surface area (Å²) < 4.78 is 42.1. The lowest BCUT2D eigenvalue weighted by Crippen LogP contribution is -2.19. The molecule has 0 radical (unpaired) electrons. The smallest absolute Gasteiger partial charge is 0.322 e. The van der Waals surface area contributed by atoms with Crippen molar-refractivity contribution in [2.75, 3.05) is 5.32 Å². The zero-order chi connectivity index (χ0) is 23.0. The van der Waals surface area contributed by atoms with Crippen LogP contribution in [0.4, 0.5) is 18.9 Å². The Balaban J connectivity index is 1.69. The molecule has 32 heavy (non-hydrogen) atoms. The molecule has 0 spiro atoms. The van der Waals surface area contributed by atoms with Crippen molar-refractivity contribution >= 4 is 17.4 Å². The number of aromatic nitrogens is 3. The first kappa shape index (κ1) is 21.1. The first-order chi connectivity index (χ1) is 15.2. The number of hydrogen-bond donors (Lipinski definition) is 1. The molecule has 0 saturated heterocycles. The molecular formula is C23H16F3N5O. The minimum absolute atomic E-state index is 0.178. The van der Waals surface area contributed by atoms with Gasteiger partial charge in [-0.3, -0.25) is 9.20 Å². The lowest BCUT2D eigenvalue weighted by molar-refractivity contribution is -0.137. The number of aryl methyl sites for hydroxylation is 2. The monoisotopic (exact) mass is 435 g/mol. The highest BCUT2D eigenvalue weighted by Gasteiger charge is 2.35. The summed E-state index contributed by atoms with van der Waals surface area (Å²) in [4.78, 5) is 21.4. The van der Waals surface area contributed by atoms with E-state index in [-0.39, 0.29) is 5.56 Å². The highest BCUT2D eigenvalue weighted by atomic mass is 19.4. The largest absolute Gasteiger partial charge is 0.417 e. The Morgan fingerprint density at radius 3 is 2.62 bits per heavy atom. The van der Waals surface area contributed by atoms with E-state index in [1.807, 2.05) is 19.2 Å². The van der Waals surface area contributed by atoms with Gasteiger partial charge in [-0.05, 0) is 49.2 Å². The Kier molecular flexibility index (Phi) is 5.14. The molecule has 1 amide bonds. The van der Waals surface area contributed by atoms with Gasteiger partial charge in [0.15, 0.2) is 0 Å². The van der Waals surface area contributed by atoms with Gasteiger partial charge in [0.25, 0.3) is 5.91 Å². The number of nitriles is 1. The van der Waals surface area contributed by atoms with E-state index < -0.39 is 23.2 Å². The maximum absolute atomic E-state index is 13.5. The van der Waals surface area contributed by atoms with E-state index in [2.05, 4.69) is 15.3 Å². The van der Waals surface area contributed by atoms with E-state index in [1.54, 1.807) is 41.9 Å². The number of carbonyl (C=O) groups is 1. The van der Waals surface area contributed by atoms with Crippen LogP contribution in [0.3, 0.4) is 0 Å². The summed E-state index contributed by atoms with van der Waals surface area (Å²) in [5.41, 5.74) is 1.35.